The second kappa shape index (κ2) is 8.55. The first kappa shape index (κ1) is 20.4. The van der Waals surface area contributed by atoms with Gasteiger partial charge in [0.05, 0.1) is 0 Å². The van der Waals surface area contributed by atoms with Crippen LogP contribution in [-0.2, 0) is 6.42 Å². The molecule has 1 aliphatic carbocycles. The van der Waals surface area contributed by atoms with Crippen molar-refractivity contribution in [3.8, 4) is 0 Å². The Bertz CT molecular complexity index is 1140. The minimum absolute atomic E-state index is 0.0450. The zero-order chi connectivity index (χ0) is 22.1. The van der Waals surface area contributed by atoms with Crippen molar-refractivity contribution in [1.29, 1.82) is 0 Å². The number of hydrogen-bond acceptors (Lipinski definition) is 3. The third-order valence-corrected chi connectivity index (χ3v) is 6.22. The van der Waals surface area contributed by atoms with E-state index in [0.29, 0.717) is 29.9 Å². The number of carbonyl (C=O) groups excluding carboxylic acids is 2. The van der Waals surface area contributed by atoms with Gasteiger partial charge in [0, 0.05) is 42.0 Å². The molecule has 5 rings (SSSR count). The predicted octanol–water partition coefficient (Wildman–Crippen LogP) is 4.55. The first-order valence-electron chi connectivity index (χ1n) is 10.9. The predicted molar refractivity (Wildman–Crippen MR) is 121 cm³/mol. The summed E-state index contributed by atoms with van der Waals surface area (Å²) in [6.45, 7) is 1.26. The quantitative estimate of drug-likeness (QED) is 0.585. The zero-order valence-electron chi connectivity index (χ0n) is 17.6. The van der Waals surface area contributed by atoms with Crippen molar-refractivity contribution < 1.29 is 14.0 Å². The molecule has 6 heteroatoms. The fraction of sp³-hybridized carbons (Fsp3) is 0.231. The number of likely N-dealkylation sites (tertiary alicyclic amines) is 1. The molecule has 5 nitrogen and oxygen atoms in total. The lowest BCUT2D eigenvalue weighted by Crippen LogP contribution is -2.61. The SMILES string of the molecule is O=C(c1ccccc1)c1ccc(NC(=O)N2CC(NC3CCc4cc(F)ccc43)C2)cc1. The lowest BCUT2D eigenvalue weighted by Gasteiger charge is -2.41. The van der Waals surface area contributed by atoms with Crippen LogP contribution in [0.4, 0.5) is 14.9 Å². The van der Waals surface area contributed by atoms with Gasteiger partial charge in [-0.2, -0.15) is 0 Å². The van der Waals surface area contributed by atoms with Crippen LogP contribution in [0, 0.1) is 5.82 Å². The number of fused-ring (bicyclic) bond motifs is 1. The summed E-state index contributed by atoms with van der Waals surface area (Å²) in [5.41, 5.74) is 4.12. The van der Waals surface area contributed by atoms with Gasteiger partial charge in [0.15, 0.2) is 5.78 Å². The summed E-state index contributed by atoms with van der Waals surface area (Å²) >= 11 is 0. The average Bonchev–Trinajstić information content (AvgIpc) is 3.18. The Morgan fingerprint density at radius 2 is 1.62 bits per heavy atom. The molecule has 2 amide bonds. The summed E-state index contributed by atoms with van der Waals surface area (Å²) in [7, 11) is 0. The van der Waals surface area contributed by atoms with E-state index in [4.69, 9.17) is 0 Å². The molecule has 0 saturated carbocycles. The summed E-state index contributed by atoms with van der Waals surface area (Å²) in [6, 6.07) is 21.4. The molecule has 3 aromatic carbocycles. The first-order valence-corrected chi connectivity index (χ1v) is 10.9. The van der Waals surface area contributed by atoms with Crippen LogP contribution < -0.4 is 10.6 Å². The molecule has 3 aromatic rings. The molecular weight excluding hydrogens is 405 g/mol. The minimum atomic E-state index is -0.187. The monoisotopic (exact) mass is 429 g/mol. The van der Waals surface area contributed by atoms with Crippen molar-refractivity contribution in [1.82, 2.24) is 10.2 Å². The van der Waals surface area contributed by atoms with Gasteiger partial charge in [-0.05, 0) is 60.4 Å². The maximum atomic E-state index is 13.4. The highest BCUT2D eigenvalue weighted by Crippen LogP contribution is 2.32. The Labute approximate surface area is 186 Å². The van der Waals surface area contributed by atoms with Gasteiger partial charge in [-0.15, -0.1) is 0 Å². The second-order valence-electron chi connectivity index (χ2n) is 8.41. The number of anilines is 1. The summed E-state index contributed by atoms with van der Waals surface area (Å²) in [4.78, 5) is 26.8. The Hall–Kier alpha value is -3.51. The van der Waals surface area contributed by atoms with Gasteiger partial charge in [-0.25, -0.2) is 9.18 Å². The molecule has 162 valence electrons. The van der Waals surface area contributed by atoms with E-state index in [0.717, 1.165) is 18.4 Å². The van der Waals surface area contributed by atoms with Crippen molar-refractivity contribution in [3.05, 3.63) is 101 Å². The van der Waals surface area contributed by atoms with E-state index in [1.54, 1.807) is 47.4 Å². The van der Waals surface area contributed by atoms with Crippen molar-refractivity contribution in [3.63, 3.8) is 0 Å². The number of nitrogens with zero attached hydrogens (tertiary/aromatic N) is 1. The molecule has 0 spiro atoms. The summed E-state index contributed by atoms with van der Waals surface area (Å²) in [5.74, 6) is -0.232. The average molecular weight is 429 g/mol. The van der Waals surface area contributed by atoms with Crippen molar-refractivity contribution in [2.75, 3.05) is 18.4 Å². The van der Waals surface area contributed by atoms with Crippen LogP contribution in [0.3, 0.4) is 0 Å². The molecule has 0 aromatic heterocycles. The Balaban J connectivity index is 1.12. The molecule has 1 atom stereocenters. The third-order valence-electron chi connectivity index (χ3n) is 6.22. The number of amides is 2. The number of nitrogens with one attached hydrogen (secondary N) is 2. The molecule has 1 fully saturated rings. The molecule has 1 aliphatic heterocycles. The molecule has 0 bridgehead atoms. The summed E-state index contributed by atoms with van der Waals surface area (Å²) in [5, 5.41) is 6.49. The van der Waals surface area contributed by atoms with Crippen molar-refractivity contribution >= 4 is 17.5 Å². The van der Waals surface area contributed by atoms with E-state index in [1.807, 2.05) is 24.3 Å². The van der Waals surface area contributed by atoms with Gasteiger partial charge >= 0.3 is 6.03 Å². The molecule has 0 radical (unpaired) electrons. The Morgan fingerprint density at radius 1 is 0.906 bits per heavy atom. The van der Waals surface area contributed by atoms with Crippen molar-refractivity contribution in [2.24, 2.45) is 0 Å². The zero-order valence-corrected chi connectivity index (χ0v) is 17.6. The maximum Gasteiger partial charge on any atom is 0.321 e. The van der Waals surface area contributed by atoms with Crippen LogP contribution >= 0.6 is 0 Å². The van der Waals surface area contributed by atoms with E-state index in [9.17, 15) is 14.0 Å². The number of aryl methyl sites for hydroxylation is 1. The number of ketones is 1. The summed E-state index contributed by atoms with van der Waals surface area (Å²) in [6.07, 6.45) is 1.83. The second-order valence-corrected chi connectivity index (χ2v) is 8.41. The normalized spacial score (nSPS) is 17.5. The molecule has 32 heavy (non-hydrogen) atoms. The van der Waals surface area contributed by atoms with Crippen LogP contribution in [0.5, 0.6) is 0 Å². The molecule has 2 N–H and O–H groups in total. The highest BCUT2D eigenvalue weighted by Gasteiger charge is 2.34. The highest BCUT2D eigenvalue weighted by atomic mass is 19.1. The standard InChI is InChI=1S/C26H24FN3O2/c27-20-9-12-23-19(14-20)8-13-24(23)28-22-15-30(16-22)26(32)29-21-10-6-18(7-11-21)25(31)17-4-2-1-3-5-17/h1-7,9-12,14,22,24,28H,8,13,15-16H2,(H,29,32). The third kappa shape index (κ3) is 4.14. The van der Waals surface area contributed by atoms with Crippen LogP contribution in [0.25, 0.3) is 0 Å². The van der Waals surface area contributed by atoms with Crippen LogP contribution in [0.2, 0.25) is 0 Å². The Kier molecular flexibility index (Phi) is 5.45. The van der Waals surface area contributed by atoms with E-state index in [2.05, 4.69) is 10.6 Å². The van der Waals surface area contributed by atoms with E-state index in [-0.39, 0.29) is 29.7 Å². The number of halogens is 1. The number of benzene rings is 3. The fourth-order valence-corrected chi connectivity index (χ4v) is 4.46. The number of hydrogen-bond donors (Lipinski definition) is 2. The van der Waals surface area contributed by atoms with E-state index in [1.165, 1.54) is 11.6 Å². The lowest BCUT2D eigenvalue weighted by molar-refractivity contribution is 0.103. The van der Waals surface area contributed by atoms with Crippen LogP contribution in [0.1, 0.15) is 39.5 Å². The molecule has 1 unspecified atom stereocenters. The lowest BCUT2D eigenvalue weighted by atomic mass is 10.0. The van der Waals surface area contributed by atoms with Crippen molar-refractivity contribution in [2.45, 2.75) is 24.9 Å². The summed E-state index contributed by atoms with van der Waals surface area (Å²) < 4.78 is 13.4. The highest BCUT2D eigenvalue weighted by molar-refractivity contribution is 6.09. The molecule has 1 heterocycles. The van der Waals surface area contributed by atoms with Gasteiger partial charge in [-0.1, -0.05) is 36.4 Å². The maximum absolute atomic E-state index is 13.4. The number of rotatable bonds is 5. The topological polar surface area (TPSA) is 61.4 Å². The van der Waals surface area contributed by atoms with E-state index >= 15 is 0 Å². The van der Waals surface area contributed by atoms with Crippen LogP contribution in [-0.4, -0.2) is 35.8 Å². The van der Waals surface area contributed by atoms with Gasteiger partial charge in [0.2, 0.25) is 0 Å². The Morgan fingerprint density at radius 3 is 2.38 bits per heavy atom. The van der Waals surface area contributed by atoms with E-state index < -0.39 is 0 Å². The number of urea groups is 1. The van der Waals surface area contributed by atoms with Gasteiger partial charge in [0.1, 0.15) is 5.82 Å². The fourth-order valence-electron chi connectivity index (χ4n) is 4.46. The van der Waals surface area contributed by atoms with Gasteiger partial charge in [-0.3, -0.25) is 4.79 Å². The minimum Gasteiger partial charge on any atom is -0.321 e. The smallest absolute Gasteiger partial charge is 0.321 e. The van der Waals surface area contributed by atoms with Gasteiger partial charge in [0.25, 0.3) is 0 Å². The first-order chi connectivity index (χ1) is 15.6. The largest absolute Gasteiger partial charge is 0.321 e. The molecule has 1 saturated heterocycles. The van der Waals surface area contributed by atoms with Crippen LogP contribution in [0.15, 0.2) is 72.8 Å². The molecular formula is C26H24FN3O2. The van der Waals surface area contributed by atoms with Gasteiger partial charge < -0.3 is 15.5 Å². The number of carbonyl (C=O) groups is 2. The molecule has 2 aliphatic rings.